The predicted molar refractivity (Wildman–Crippen MR) is 89.3 cm³/mol. The van der Waals surface area contributed by atoms with E-state index in [-0.39, 0.29) is 6.04 Å². The number of thiazole rings is 1. The molecule has 0 spiro atoms. The van der Waals surface area contributed by atoms with Gasteiger partial charge in [-0.1, -0.05) is 0 Å². The number of hydrogen-bond acceptors (Lipinski definition) is 5. The summed E-state index contributed by atoms with van der Waals surface area (Å²) >= 11 is 1.68. The second-order valence-corrected chi connectivity index (χ2v) is 7.15. The summed E-state index contributed by atoms with van der Waals surface area (Å²) in [6.45, 7) is 4.30. The van der Waals surface area contributed by atoms with Crippen molar-refractivity contribution in [1.29, 1.82) is 0 Å². The summed E-state index contributed by atoms with van der Waals surface area (Å²) in [5.74, 6) is 1.10. The minimum absolute atomic E-state index is 0.145. The fraction of sp³-hybridized carbons (Fsp3) is 0.667. The quantitative estimate of drug-likeness (QED) is 0.915. The van der Waals surface area contributed by atoms with Gasteiger partial charge in [0.25, 0.3) is 0 Å². The molecule has 0 saturated carbocycles. The summed E-state index contributed by atoms with van der Waals surface area (Å²) in [6.07, 6.45) is 5.55. The highest BCUT2D eigenvalue weighted by Crippen LogP contribution is 2.26. The lowest BCUT2D eigenvalue weighted by atomic mass is 10.1. The van der Waals surface area contributed by atoms with Crippen LogP contribution in [-0.4, -0.2) is 53.6 Å². The number of hydrogen-bond donors (Lipinski definition) is 1. The van der Waals surface area contributed by atoms with Crippen molar-refractivity contribution < 1.29 is 0 Å². The summed E-state index contributed by atoms with van der Waals surface area (Å²) in [6, 6.07) is 0.781. The van der Waals surface area contributed by atoms with Crippen LogP contribution in [0.5, 0.6) is 0 Å². The van der Waals surface area contributed by atoms with Gasteiger partial charge in [-0.3, -0.25) is 4.40 Å². The molecule has 0 bridgehead atoms. The van der Waals surface area contributed by atoms with Crippen LogP contribution in [0.3, 0.4) is 0 Å². The van der Waals surface area contributed by atoms with Gasteiger partial charge < -0.3 is 15.5 Å². The maximum absolute atomic E-state index is 6.03. The van der Waals surface area contributed by atoms with E-state index in [1.165, 1.54) is 25.1 Å². The molecular weight excluding hydrogens is 282 g/mol. The topological polar surface area (TPSA) is 49.8 Å². The third kappa shape index (κ3) is 2.93. The number of likely N-dealkylation sites (tertiary alicyclic amines) is 1. The Morgan fingerprint density at radius 1 is 1.57 bits per heavy atom. The second-order valence-electron chi connectivity index (χ2n) is 6.28. The molecule has 0 aromatic carbocycles. The van der Waals surface area contributed by atoms with Crippen LogP contribution >= 0.6 is 11.3 Å². The summed E-state index contributed by atoms with van der Waals surface area (Å²) < 4.78 is 2.19. The number of anilines is 1. The number of nitrogens with zero attached hydrogens (tertiary/aromatic N) is 4. The monoisotopic (exact) mass is 307 g/mol. The Balaban J connectivity index is 1.85. The van der Waals surface area contributed by atoms with Crippen molar-refractivity contribution >= 4 is 22.1 Å². The van der Waals surface area contributed by atoms with Crippen LogP contribution in [0.15, 0.2) is 11.6 Å². The molecule has 2 aromatic rings. The molecule has 1 saturated heterocycles. The van der Waals surface area contributed by atoms with E-state index in [0.29, 0.717) is 6.04 Å². The van der Waals surface area contributed by atoms with E-state index < -0.39 is 0 Å². The van der Waals surface area contributed by atoms with Crippen LogP contribution in [0.1, 0.15) is 25.5 Å². The normalized spacial score (nSPS) is 21.2. The van der Waals surface area contributed by atoms with E-state index >= 15 is 0 Å². The van der Waals surface area contributed by atoms with E-state index in [2.05, 4.69) is 46.8 Å². The zero-order chi connectivity index (χ0) is 15.0. The minimum atomic E-state index is 0.145. The first-order valence-corrected chi connectivity index (χ1v) is 8.55. The standard InChI is InChI=1S/C15H25N5S/c1-11(16)9-13-14(17-15-20(13)7-8-21-15)19(3)10-12-5-4-6-18(12)2/h7-8,11-12H,4-6,9-10,16H2,1-3H3. The zero-order valence-corrected chi connectivity index (χ0v) is 13.9. The average molecular weight is 307 g/mol. The highest BCUT2D eigenvalue weighted by molar-refractivity contribution is 7.15. The number of fused-ring (bicyclic) bond motifs is 1. The minimum Gasteiger partial charge on any atom is -0.357 e. The third-order valence-electron chi connectivity index (χ3n) is 4.37. The highest BCUT2D eigenvalue weighted by Gasteiger charge is 2.25. The van der Waals surface area contributed by atoms with Crippen LogP contribution in [0, 0.1) is 0 Å². The molecule has 0 aliphatic carbocycles. The van der Waals surface area contributed by atoms with Crippen molar-refractivity contribution in [2.45, 2.75) is 38.3 Å². The van der Waals surface area contributed by atoms with Crippen molar-refractivity contribution in [3.05, 3.63) is 17.3 Å². The Morgan fingerprint density at radius 3 is 3.05 bits per heavy atom. The van der Waals surface area contributed by atoms with Gasteiger partial charge in [0.1, 0.15) is 0 Å². The molecule has 3 heterocycles. The van der Waals surface area contributed by atoms with Crippen LogP contribution < -0.4 is 10.6 Å². The van der Waals surface area contributed by atoms with Crippen molar-refractivity contribution in [1.82, 2.24) is 14.3 Å². The first-order valence-electron chi connectivity index (χ1n) is 7.67. The van der Waals surface area contributed by atoms with Crippen LogP contribution in [-0.2, 0) is 6.42 Å². The molecule has 3 rings (SSSR count). The summed E-state index contributed by atoms with van der Waals surface area (Å²) in [7, 11) is 4.38. The fourth-order valence-electron chi connectivity index (χ4n) is 3.23. The predicted octanol–water partition coefficient (Wildman–Crippen LogP) is 1.82. The smallest absolute Gasteiger partial charge is 0.195 e. The molecule has 21 heavy (non-hydrogen) atoms. The lowest BCUT2D eigenvalue weighted by molar-refractivity contribution is 0.314. The van der Waals surface area contributed by atoms with Crippen molar-refractivity contribution in [2.24, 2.45) is 5.73 Å². The number of rotatable bonds is 5. The third-order valence-corrected chi connectivity index (χ3v) is 5.13. The van der Waals surface area contributed by atoms with Gasteiger partial charge in [0.05, 0.1) is 5.69 Å². The number of aromatic nitrogens is 2. The second kappa shape index (κ2) is 5.94. The van der Waals surface area contributed by atoms with Gasteiger partial charge in [-0.15, -0.1) is 11.3 Å². The van der Waals surface area contributed by atoms with Gasteiger partial charge in [0, 0.05) is 43.7 Å². The number of likely N-dealkylation sites (N-methyl/N-ethyl adjacent to an activating group) is 2. The van der Waals surface area contributed by atoms with E-state index in [1.807, 2.05) is 0 Å². The van der Waals surface area contributed by atoms with Crippen molar-refractivity contribution in [3.8, 4) is 0 Å². The van der Waals surface area contributed by atoms with Gasteiger partial charge in [-0.05, 0) is 33.4 Å². The Labute approximate surface area is 130 Å². The van der Waals surface area contributed by atoms with Crippen LogP contribution in [0.4, 0.5) is 5.82 Å². The molecule has 2 aromatic heterocycles. The Morgan fingerprint density at radius 2 is 2.38 bits per heavy atom. The van der Waals surface area contributed by atoms with Gasteiger partial charge in [-0.25, -0.2) is 4.98 Å². The van der Waals surface area contributed by atoms with Gasteiger partial charge in [-0.2, -0.15) is 0 Å². The maximum Gasteiger partial charge on any atom is 0.195 e. The van der Waals surface area contributed by atoms with Gasteiger partial charge in [0.2, 0.25) is 0 Å². The lowest BCUT2D eigenvalue weighted by Crippen LogP contribution is -2.37. The van der Waals surface area contributed by atoms with Gasteiger partial charge in [0.15, 0.2) is 10.8 Å². The van der Waals surface area contributed by atoms with Crippen molar-refractivity contribution in [2.75, 3.05) is 32.1 Å². The molecule has 2 atom stereocenters. The molecule has 0 radical (unpaired) electrons. The number of imidazole rings is 1. The van der Waals surface area contributed by atoms with Gasteiger partial charge >= 0.3 is 0 Å². The van der Waals surface area contributed by atoms with E-state index in [4.69, 9.17) is 10.7 Å². The largest absolute Gasteiger partial charge is 0.357 e. The molecule has 5 nitrogen and oxygen atoms in total. The Bertz CT molecular complexity index is 602. The number of nitrogens with two attached hydrogens (primary N) is 1. The molecule has 1 aliphatic rings. The Kier molecular flexibility index (Phi) is 4.19. The van der Waals surface area contributed by atoms with Crippen LogP contribution in [0.25, 0.3) is 4.96 Å². The van der Waals surface area contributed by atoms with E-state index in [9.17, 15) is 0 Å². The zero-order valence-electron chi connectivity index (χ0n) is 13.1. The van der Waals surface area contributed by atoms with Crippen molar-refractivity contribution in [3.63, 3.8) is 0 Å². The maximum atomic E-state index is 6.03. The summed E-state index contributed by atoms with van der Waals surface area (Å²) in [5, 5.41) is 2.08. The average Bonchev–Trinajstić information content (AvgIpc) is 3.08. The lowest BCUT2D eigenvalue weighted by Gasteiger charge is -2.26. The fourth-order valence-corrected chi connectivity index (χ4v) is 3.96. The first kappa shape index (κ1) is 14.8. The van der Waals surface area contributed by atoms with E-state index in [1.54, 1.807) is 11.3 Å². The highest BCUT2D eigenvalue weighted by atomic mass is 32.1. The van der Waals surface area contributed by atoms with E-state index in [0.717, 1.165) is 23.7 Å². The molecular formula is C15H25N5S. The SMILES string of the molecule is CC(N)Cc1c(N(C)CC2CCCN2C)nc2sccn12. The van der Waals surface area contributed by atoms with Crippen LogP contribution in [0.2, 0.25) is 0 Å². The summed E-state index contributed by atoms with van der Waals surface area (Å²) in [5.41, 5.74) is 7.27. The first-order chi connectivity index (χ1) is 10.1. The summed E-state index contributed by atoms with van der Waals surface area (Å²) in [4.78, 5) is 10.7. The Hall–Kier alpha value is -1.11. The molecule has 1 fully saturated rings. The molecule has 6 heteroatoms. The molecule has 116 valence electrons. The molecule has 2 N–H and O–H groups in total. The molecule has 1 aliphatic heterocycles. The molecule has 0 amide bonds. The molecule has 2 unspecified atom stereocenters.